The van der Waals surface area contributed by atoms with Gasteiger partial charge in [0.15, 0.2) is 0 Å². The van der Waals surface area contributed by atoms with Gasteiger partial charge in [0.05, 0.1) is 4.34 Å². The monoisotopic (exact) mass is 358 g/mol. The normalized spacial score (nSPS) is 10.4. The molecule has 1 amide bonds. The van der Waals surface area contributed by atoms with Crippen LogP contribution in [-0.2, 0) is 6.42 Å². The van der Waals surface area contributed by atoms with Crippen LogP contribution in [0.1, 0.15) is 15.2 Å². The number of thiophene rings is 1. The summed E-state index contributed by atoms with van der Waals surface area (Å²) in [6.45, 7) is 0.572. The number of nitrogens with two attached hydrogens (primary N) is 1. The molecule has 0 radical (unpaired) electrons. The number of hydrogen-bond acceptors (Lipinski definition) is 3. The minimum Gasteiger partial charge on any atom is -0.399 e. The van der Waals surface area contributed by atoms with E-state index in [-0.39, 0.29) is 5.91 Å². The zero-order valence-corrected chi connectivity index (χ0v) is 13.1. The molecule has 0 saturated heterocycles. The first-order chi connectivity index (χ1) is 9.04. The summed E-state index contributed by atoms with van der Waals surface area (Å²) in [6.07, 6.45) is 0.770. The first-order valence-electron chi connectivity index (χ1n) is 5.63. The molecule has 3 N–H and O–H groups in total. The maximum atomic E-state index is 11.9. The van der Waals surface area contributed by atoms with Gasteiger partial charge in [-0.05, 0) is 36.8 Å². The molecule has 2 aromatic rings. The quantitative estimate of drug-likeness (QED) is 0.818. The van der Waals surface area contributed by atoms with Crippen LogP contribution in [0.5, 0.6) is 0 Å². The second-order valence-electron chi connectivity index (χ2n) is 3.98. The van der Waals surface area contributed by atoms with Crippen molar-refractivity contribution in [3.63, 3.8) is 0 Å². The average Bonchev–Trinajstić information content (AvgIpc) is 2.73. The van der Waals surface area contributed by atoms with Gasteiger partial charge in [0.25, 0.3) is 5.91 Å². The predicted octanol–water partition coefficient (Wildman–Crippen LogP) is 3.72. The van der Waals surface area contributed by atoms with Crippen molar-refractivity contribution in [3.8, 4) is 0 Å². The van der Waals surface area contributed by atoms with E-state index < -0.39 is 0 Å². The van der Waals surface area contributed by atoms with E-state index in [1.165, 1.54) is 11.3 Å². The fourth-order valence-electron chi connectivity index (χ4n) is 1.63. The van der Waals surface area contributed by atoms with Gasteiger partial charge >= 0.3 is 0 Å². The molecule has 0 spiro atoms. The van der Waals surface area contributed by atoms with Crippen LogP contribution in [-0.4, -0.2) is 12.5 Å². The molecular formula is C13H12BrClN2OS. The molecule has 0 saturated carbocycles. The van der Waals surface area contributed by atoms with E-state index in [2.05, 4.69) is 21.2 Å². The fraction of sp³-hybridized carbons (Fsp3) is 0.154. The second-order valence-corrected chi connectivity index (χ2v) is 6.70. The van der Waals surface area contributed by atoms with Crippen molar-refractivity contribution in [2.45, 2.75) is 6.42 Å². The molecule has 0 aliphatic heterocycles. The third kappa shape index (κ3) is 4.23. The minimum atomic E-state index is -0.129. The van der Waals surface area contributed by atoms with Gasteiger partial charge in [-0.15, -0.1) is 11.3 Å². The number of benzene rings is 1. The summed E-state index contributed by atoms with van der Waals surface area (Å²) in [7, 11) is 0. The van der Waals surface area contributed by atoms with Crippen LogP contribution in [0.4, 0.5) is 5.69 Å². The number of hydrogen-bond donors (Lipinski definition) is 2. The summed E-state index contributed by atoms with van der Waals surface area (Å²) >= 11 is 10.7. The molecule has 19 heavy (non-hydrogen) atoms. The summed E-state index contributed by atoms with van der Waals surface area (Å²) in [6, 6.07) is 8.98. The number of rotatable bonds is 4. The van der Waals surface area contributed by atoms with E-state index in [9.17, 15) is 4.79 Å². The van der Waals surface area contributed by atoms with Gasteiger partial charge in [-0.2, -0.15) is 0 Å². The zero-order valence-electron chi connectivity index (χ0n) is 9.95. The van der Waals surface area contributed by atoms with Crippen LogP contribution < -0.4 is 11.1 Å². The number of nitrogen functional groups attached to an aromatic ring is 1. The Morgan fingerprint density at radius 2 is 2.16 bits per heavy atom. The first kappa shape index (κ1) is 14.4. The summed E-state index contributed by atoms with van der Waals surface area (Å²) < 4.78 is 1.56. The molecule has 0 atom stereocenters. The Hall–Kier alpha value is -1.04. The Morgan fingerprint density at radius 3 is 2.79 bits per heavy atom. The topological polar surface area (TPSA) is 55.1 Å². The van der Waals surface area contributed by atoms with Crippen molar-refractivity contribution >= 4 is 50.5 Å². The van der Waals surface area contributed by atoms with Crippen LogP contribution >= 0.6 is 38.9 Å². The second kappa shape index (κ2) is 6.41. The maximum Gasteiger partial charge on any atom is 0.251 e. The molecule has 6 heteroatoms. The summed E-state index contributed by atoms with van der Waals surface area (Å²) in [4.78, 5) is 13.1. The molecule has 0 aliphatic carbocycles. The largest absolute Gasteiger partial charge is 0.399 e. The lowest BCUT2D eigenvalue weighted by Gasteiger charge is -2.06. The van der Waals surface area contributed by atoms with Gasteiger partial charge in [0.2, 0.25) is 0 Å². The van der Waals surface area contributed by atoms with E-state index >= 15 is 0 Å². The van der Waals surface area contributed by atoms with Crippen LogP contribution in [0, 0.1) is 0 Å². The predicted molar refractivity (Wildman–Crippen MR) is 83.9 cm³/mol. The standard InChI is InChI=1S/C13H12BrClN2OS/c14-9-5-8(6-10(16)7-9)13(18)17-4-3-11-1-2-12(15)19-11/h1-2,5-7H,3-4,16H2,(H,17,18). The molecule has 1 aromatic heterocycles. The molecule has 0 unspecified atom stereocenters. The number of carbonyl (C=O) groups excluding carboxylic acids is 1. The van der Waals surface area contributed by atoms with Gasteiger partial charge in [-0.1, -0.05) is 27.5 Å². The zero-order chi connectivity index (χ0) is 13.8. The Balaban J connectivity index is 1.90. The number of anilines is 1. The fourth-order valence-corrected chi connectivity index (χ4v) is 3.23. The van der Waals surface area contributed by atoms with E-state index in [1.807, 2.05) is 12.1 Å². The Labute approximate surface area is 128 Å². The van der Waals surface area contributed by atoms with Gasteiger partial charge in [0, 0.05) is 27.1 Å². The minimum absolute atomic E-state index is 0.129. The smallest absolute Gasteiger partial charge is 0.251 e. The number of amides is 1. The molecule has 1 heterocycles. The number of nitrogens with one attached hydrogen (secondary N) is 1. The Morgan fingerprint density at radius 1 is 1.37 bits per heavy atom. The van der Waals surface area contributed by atoms with Gasteiger partial charge in [0.1, 0.15) is 0 Å². The summed E-state index contributed by atoms with van der Waals surface area (Å²) in [5, 5.41) is 2.86. The van der Waals surface area contributed by atoms with E-state index in [4.69, 9.17) is 17.3 Å². The SMILES string of the molecule is Nc1cc(Br)cc(C(=O)NCCc2ccc(Cl)s2)c1. The van der Waals surface area contributed by atoms with E-state index in [1.54, 1.807) is 18.2 Å². The highest BCUT2D eigenvalue weighted by Crippen LogP contribution is 2.21. The molecular weight excluding hydrogens is 348 g/mol. The van der Waals surface area contributed by atoms with Crippen molar-refractivity contribution < 1.29 is 4.79 Å². The lowest BCUT2D eigenvalue weighted by Crippen LogP contribution is -2.25. The third-order valence-corrected chi connectivity index (χ3v) is 4.22. The van der Waals surface area contributed by atoms with Gasteiger partial charge in [-0.25, -0.2) is 0 Å². The van der Waals surface area contributed by atoms with Crippen molar-refractivity contribution in [2.75, 3.05) is 12.3 Å². The van der Waals surface area contributed by atoms with Crippen LogP contribution in [0.15, 0.2) is 34.8 Å². The van der Waals surface area contributed by atoms with Crippen molar-refractivity contribution in [2.24, 2.45) is 0 Å². The van der Waals surface area contributed by atoms with E-state index in [0.717, 1.165) is 20.1 Å². The van der Waals surface area contributed by atoms with Crippen LogP contribution in [0.2, 0.25) is 4.34 Å². The summed E-state index contributed by atoms with van der Waals surface area (Å²) in [5.41, 5.74) is 6.81. The molecule has 0 bridgehead atoms. The molecule has 2 rings (SSSR count). The highest BCUT2D eigenvalue weighted by molar-refractivity contribution is 9.10. The van der Waals surface area contributed by atoms with Crippen molar-refractivity contribution in [3.05, 3.63) is 49.6 Å². The lowest BCUT2D eigenvalue weighted by molar-refractivity contribution is 0.0954. The number of halogens is 2. The van der Waals surface area contributed by atoms with Crippen LogP contribution in [0.3, 0.4) is 0 Å². The first-order valence-corrected chi connectivity index (χ1v) is 7.62. The van der Waals surface area contributed by atoms with Gasteiger partial charge < -0.3 is 11.1 Å². The molecule has 3 nitrogen and oxygen atoms in total. The average molecular weight is 360 g/mol. The third-order valence-electron chi connectivity index (χ3n) is 2.47. The maximum absolute atomic E-state index is 11.9. The van der Waals surface area contributed by atoms with Crippen LogP contribution in [0.25, 0.3) is 0 Å². The number of carbonyl (C=O) groups is 1. The molecule has 0 aliphatic rings. The summed E-state index contributed by atoms with van der Waals surface area (Å²) in [5.74, 6) is -0.129. The highest BCUT2D eigenvalue weighted by Gasteiger charge is 2.07. The molecule has 0 fully saturated rings. The van der Waals surface area contributed by atoms with Gasteiger partial charge in [-0.3, -0.25) is 4.79 Å². The van der Waals surface area contributed by atoms with Crippen molar-refractivity contribution in [1.29, 1.82) is 0 Å². The Bertz CT molecular complexity index is 580. The molecule has 100 valence electrons. The highest BCUT2D eigenvalue weighted by atomic mass is 79.9. The van der Waals surface area contributed by atoms with Crippen molar-refractivity contribution in [1.82, 2.24) is 5.32 Å². The lowest BCUT2D eigenvalue weighted by atomic mass is 10.2. The molecule has 1 aromatic carbocycles. The van der Waals surface area contributed by atoms with E-state index in [0.29, 0.717) is 17.8 Å². The Kier molecular flexibility index (Phi) is 4.85.